The predicted octanol–water partition coefficient (Wildman–Crippen LogP) is 3.59. The molecule has 0 spiro atoms. The summed E-state index contributed by atoms with van der Waals surface area (Å²) in [5, 5.41) is 6.42. The van der Waals surface area contributed by atoms with Crippen molar-refractivity contribution in [2.45, 2.75) is 40.0 Å². The van der Waals surface area contributed by atoms with Gasteiger partial charge in [0.2, 0.25) is 0 Å². The highest BCUT2D eigenvalue weighted by atomic mass is 16.1. The maximum Gasteiger partial charge on any atom is 0.253 e. The van der Waals surface area contributed by atoms with Gasteiger partial charge in [-0.1, -0.05) is 25.5 Å². The lowest BCUT2D eigenvalue weighted by Crippen LogP contribution is -2.29. The largest absolute Gasteiger partial charge is 0.384 e. The van der Waals surface area contributed by atoms with Crippen molar-refractivity contribution in [3.63, 3.8) is 0 Å². The van der Waals surface area contributed by atoms with Crippen LogP contribution in [-0.4, -0.2) is 19.0 Å². The lowest BCUT2D eigenvalue weighted by Gasteiger charge is -2.15. The zero-order valence-electron chi connectivity index (χ0n) is 12.8. The van der Waals surface area contributed by atoms with E-state index in [0.29, 0.717) is 5.92 Å². The van der Waals surface area contributed by atoms with Gasteiger partial charge in [0.25, 0.3) is 5.91 Å². The first kappa shape index (κ1) is 14.9. The zero-order chi connectivity index (χ0) is 14.5. The highest BCUT2D eigenvalue weighted by Crippen LogP contribution is 2.36. The Morgan fingerprint density at radius 3 is 2.80 bits per heavy atom. The molecule has 1 aromatic rings. The van der Waals surface area contributed by atoms with E-state index in [-0.39, 0.29) is 5.91 Å². The highest BCUT2D eigenvalue weighted by molar-refractivity contribution is 5.99. The Kier molecular flexibility index (Phi) is 5.05. The third-order valence-electron chi connectivity index (χ3n) is 4.00. The van der Waals surface area contributed by atoms with E-state index in [1.54, 1.807) is 0 Å². The van der Waals surface area contributed by atoms with Crippen LogP contribution >= 0.6 is 0 Å². The van der Waals surface area contributed by atoms with Crippen LogP contribution in [-0.2, 0) is 0 Å². The van der Waals surface area contributed by atoms with Gasteiger partial charge in [-0.25, -0.2) is 0 Å². The van der Waals surface area contributed by atoms with Crippen molar-refractivity contribution in [1.82, 2.24) is 5.32 Å². The molecule has 3 heteroatoms. The normalized spacial score (nSPS) is 15.8. The van der Waals surface area contributed by atoms with Crippen molar-refractivity contribution in [2.75, 3.05) is 18.4 Å². The molecule has 3 nitrogen and oxygen atoms in total. The number of hydrogen-bond acceptors (Lipinski definition) is 2. The number of anilines is 1. The number of carbonyl (C=O) groups is 1. The van der Waals surface area contributed by atoms with Gasteiger partial charge in [-0.3, -0.25) is 4.79 Å². The predicted molar refractivity (Wildman–Crippen MR) is 84.2 cm³/mol. The van der Waals surface area contributed by atoms with E-state index < -0.39 is 0 Å². The van der Waals surface area contributed by atoms with E-state index in [9.17, 15) is 4.79 Å². The Bertz CT molecular complexity index is 466. The number of nitrogens with one attached hydrogen (secondary N) is 2. The molecule has 0 heterocycles. The average Bonchev–Trinajstić information content (AvgIpc) is 3.27. The summed E-state index contributed by atoms with van der Waals surface area (Å²) in [6.45, 7) is 8.04. The summed E-state index contributed by atoms with van der Waals surface area (Å²) in [7, 11) is 0. The second kappa shape index (κ2) is 6.78. The molecule has 0 bridgehead atoms. The second-order valence-electron chi connectivity index (χ2n) is 6.00. The van der Waals surface area contributed by atoms with Gasteiger partial charge in [0, 0.05) is 18.8 Å². The van der Waals surface area contributed by atoms with Crippen LogP contribution in [0.3, 0.4) is 0 Å². The fourth-order valence-electron chi connectivity index (χ4n) is 2.44. The third kappa shape index (κ3) is 3.99. The standard InChI is InChI=1S/C17H26N2O/c1-4-9-18-16-8-5-12(2)10-15(16)17(20)19-11-13(3)14-6-7-14/h5,8,10,13-14,18H,4,6-7,9,11H2,1-3H3,(H,19,20). The van der Waals surface area contributed by atoms with Crippen molar-refractivity contribution < 1.29 is 4.79 Å². The van der Waals surface area contributed by atoms with Gasteiger partial charge in [0.05, 0.1) is 5.56 Å². The highest BCUT2D eigenvalue weighted by Gasteiger charge is 2.28. The van der Waals surface area contributed by atoms with Crippen molar-refractivity contribution in [3.05, 3.63) is 29.3 Å². The van der Waals surface area contributed by atoms with Gasteiger partial charge in [-0.05, 0) is 50.2 Å². The van der Waals surface area contributed by atoms with Crippen LogP contribution in [0.15, 0.2) is 18.2 Å². The lowest BCUT2D eigenvalue weighted by molar-refractivity contribution is 0.0947. The molecule has 0 saturated heterocycles. The molecule has 2 N–H and O–H groups in total. The van der Waals surface area contributed by atoms with Crippen LogP contribution in [0, 0.1) is 18.8 Å². The first-order valence-electron chi connectivity index (χ1n) is 7.74. The van der Waals surface area contributed by atoms with Crippen LogP contribution in [0.5, 0.6) is 0 Å². The summed E-state index contributed by atoms with van der Waals surface area (Å²) in [6.07, 6.45) is 3.70. The van der Waals surface area contributed by atoms with Crippen LogP contribution in [0.25, 0.3) is 0 Å². The van der Waals surface area contributed by atoms with Gasteiger partial charge in [-0.2, -0.15) is 0 Å². The first-order valence-corrected chi connectivity index (χ1v) is 7.74. The first-order chi connectivity index (χ1) is 9.61. The molecule has 1 amide bonds. The summed E-state index contributed by atoms with van der Waals surface area (Å²) in [5.74, 6) is 1.46. The van der Waals surface area contributed by atoms with E-state index in [1.807, 2.05) is 25.1 Å². The molecule has 1 aliphatic rings. The Morgan fingerprint density at radius 1 is 1.40 bits per heavy atom. The summed E-state index contributed by atoms with van der Waals surface area (Å²) in [4.78, 5) is 12.4. The van der Waals surface area contributed by atoms with Gasteiger partial charge in [0.1, 0.15) is 0 Å². The fourth-order valence-corrected chi connectivity index (χ4v) is 2.44. The zero-order valence-corrected chi connectivity index (χ0v) is 12.8. The molecule has 1 unspecified atom stereocenters. The number of benzene rings is 1. The fraction of sp³-hybridized carbons (Fsp3) is 0.588. The molecule has 0 aliphatic heterocycles. The number of aryl methyl sites for hydroxylation is 1. The van der Waals surface area contributed by atoms with Crippen LogP contribution < -0.4 is 10.6 Å². The number of rotatable bonds is 7. The summed E-state index contributed by atoms with van der Waals surface area (Å²) in [6, 6.07) is 6.01. The molecular formula is C17H26N2O. The lowest BCUT2D eigenvalue weighted by atomic mass is 10.1. The van der Waals surface area contributed by atoms with Crippen molar-refractivity contribution in [3.8, 4) is 0 Å². The molecule has 1 fully saturated rings. The van der Waals surface area contributed by atoms with Gasteiger partial charge in [-0.15, -0.1) is 0 Å². The summed E-state index contributed by atoms with van der Waals surface area (Å²) >= 11 is 0. The monoisotopic (exact) mass is 274 g/mol. The van der Waals surface area contributed by atoms with E-state index in [4.69, 9.17) is 0 Å². The van der Waals surface area contributed by atoms with E-state index in [1.165, 1.54) is 12.8 Å². The number of amides is 1. The van der Waals surface area contributed by atoms with E-state index >= 15 is 0 Å². The van der Waals surface area contributed by atoms with Crippen LogP contribution in [0.1, 0.15) is 49.0 Å². The van der Waals surface area contributed by atoms with Crippen molar-refractivity contribution in [1.29, 1.82) is 0 Å². The SMILES string of the molecule is CCCNc1ccc(C)cc1C(=O)NCC(C)C1CC1. The van der Waals surface area contributed by atoms with Gasteiger partial charge >= 0.3 is 0 Å². The minimum Gasteiger partial charge on any atom is -0.384 e. The number of hydrogen-bond donors (Lipinski definition) is 2. The minimum absolute atomic E-state index is 0.0415. The molecule has 0 radical (unpaired) electrons. The molecule has 1 aromatic carbocycles. The molecule has 110 valence electrons. The topological polar surface area (TPSA) is 41.1 Å². The van der Waals surface area contributed by atoms with Crippen molar-refractivity contribution >= 4 is 11.6 Å². The van der Waals surface area contributed by atoms with Crippen molar-refractivity contribution in [2.24, 2.45) is 11.8 Å². The summed E-state index contributed by atoms with van der Waals surface area (Å²) < 4.78 is 0. The summed E-state index contributed by atoms with van der Waals surface area (Å²) in [5.41, 5.74) is 2.82. The maximum absolute atomic E-state index is 12.4. The Labute approximate surface area is 122 Å². The van der Waals surface area contributed by atoms with Gasteiger partial charge < -0.3 is 10.6 Å². The van der Waals surface area contributed by atoms with Gasteiger partial charge in [0.15, 0.2) is 0 Å². The molecule has 1 aliphatic carbocycles. The molecule has 2 rings (SSSR count). The molecule has 20 heavy (non-hydrogen) atoms. The quantitative estimate of drug-likeness (QED) is 0.797. The minimum atomic E-state index is 0.0415. The molecule has 1 saturated carbocycles. The van der Waals surface area contributed by atoms with Crippen LogP contribution in [0.4, 0.5) is 5.69 Å². The molecular weight excluding hydrogens is 248 g/mol. The van der Waals surface area contributed by atoms with E-state index in [2.05, 4.69) is 24.5 Å². The van der Waals surface area contributed by atoms with Crippen LogP contribution in [0.2, 0.25) is 0 Å². The Hall–Kier alpha value is -1.51. The molecule has 0 aromatic heterocycles. The second-order valence-corrected chi connectivity index (χ2v) is 6.00. The third-order valence-corrected chi connectivity index (χ3v) is 4.00. The number of carbonyl (C=O) groups excluding carboxylic acids is 1. The smallest absolute Gasteiger partial charge is 0.253 e. The Balaban J connectivity index is 2.00. The Morgan fingerprint density at radius 2 is 2.15 bits per heavy atom. The molecule has 1 atom stereocenters. The van der Waals surface area contributed by atoms with E-state index in [0.717, 1.165) is 42.2 Å². The maximum atomic E-state index is 12.4. The average molecular weight is 274 g/mol.